The van der Waals surface area contributed by atoms with Crippen LogP contribution >= 0.6 is 0 Å². The van der Waals surface area contributed by atoms with E-state index in [4.69, 9.17) is 4.74 Å². The van der Waals surface area contributed by atoms with Crippen LogP contribution in [0.4, 0.5) is 4.39 Å². The lowest BCUT2D eigenvalue weighted by Crippen LogP contribution is -2.22. The molecule has 1 aliphatic carbocycles. The molecule has 25 heavy (non-hydrogen) atoms. The first-order chi connectivity index (χ1) is 12.2. The third kappa shape index (κ3) is 4.88. The number of halogens is 1. The van der Waals surface area contributed by atoms with Crippen molar-refractivity contribution in [1.29, 1.82) is 0 Å². The highest BCUT2D eigenvalue weighted by atomic mass is 19.1. The van der Waals surface area contributed by atoms with Gasteiger partial charge in [0.05, 0.1) is 5.56 Å². The molecule has 1 heterocycles. The Balaban J connectivity index is 1.57. The Kier molecular flexibility index (Phi) is 5.36. The molecule has 0 saturated carbocycles. The monoisotopic (exact) mass is 336 g/mol. The van der Waals surface area contributed by atoms with Crippen molar-refractivity contribution in [2.75, 3.05) is 0 Å². The number of hydrogen-bond donors (Lipinski definition) is 1. The van der Waals surface area contributed by atoms with E-state index in [1.165, 1.54) is 24.4 Å². The normalized spacial score (nSPS) is 13.5. The summed E-state index contributed by atoms with van der Waals surface area (Å²) >= 11 is 0. The van der Waals surface area contributed by atoms with Gasteiger partial charge in [-0.05, 0) is 36.3 Å². The van der Waals surface area contributed by atoms with Crippen LogP contribution in [0.25, 0.3) is 0 Å². The number of rotatable bonds is 5. The van der Waals surface area contributed by atoms with Crippen molar-refractivity contribution in [3.63, 3.8) is 0 Å². The molecule has 2 aromatic rings. The molecule has 1 amide bonds. The standard InChI is InChI=1S/C20H17FN2O2/c21-17-7-4-8-18(11-10-17)23-20(24)16-9-12-19(22-13-16)25-14-15-5-2-1-3-6-15/h1-3,5-13H,4,14H2,(H,23,24). The van der Waals surface area contributed by atoms with E-state index in [1.54, 1.807) is 18.2 Å². The summed E-state index contributed by atoms with van der Waals surface area (Å²) < 4.78 is 18.7. The Hall–Kier alpha value is -3.21. The zero-order valence-electron chi connectivity index (χ0n) is 13.5. The molecule has 0 spiro atoms. The predicted octanol–water partition coefficient (Wildman–Crippen LogP) is 4.09. The molecule has 0 bridgehead atoms. The highest BCUT2D eigenvalue weighted by molar-refractivity contribution is 5.95. The molecule has 4 nitrogen and oxygen atoms in total. The average molecular weight is 336 g/mol. The quantitative estimate of drug-likeness (QED) is 0.895. The number of carbonyl (C=O) groups is 1. The van der Waals surface area contributed by atoms with E-state index in [0.717, 1.165) is 5.56 Å². The van der Waals surface area contributed by atoms with Gasteiger partial charge in [-0.15, -0.1) is 0 Å². The summed E-state index contributed by atoms with van der Waals surface area (Å²) in [5.41, 5.74) is 2.00. The van der Waals surface area contributed by atoms with Gasteiger partial charge in [0, 0.05) is 18.0 Å². The Morgan fingerprint density at radius 3 is 2.72 bits per heavy atom. The van der Waals surface area contributed by atoms with Gasteiger partial charge in [0.2, 0.25) is 5.88 Å². The van der Waals surface area contributed by atoms with Gasteiger partial charge in [0.15, 0.2) is 0 Å². The van der Waals surface area contributed by atoms with Crippen molar-refractivity contribution in [3.05, 3.63) is 95.6 Å². The third-order valence-electron chi connectivity index (χ3n) is 3.56. The number of aromatic nitrogens is 1. The molecule has 1 aromatic heterocycles. The van der Waals surface area contributed by atoms with E-state index >= 15 is 0 Å². The van der Waals surface area contributed by atoms with Gasteiger partial charge >= 0.3 is 0 Å². The number of nitrogens with one attached hydrogen (secondary N) is 1. The first-order valence-electron chi connectivity index (χ1n) is 7.89. The van der Waals surface area contributed by atoms with E-state index in [-0.39, 0.29) is 11.7 Å². The van der Waals surface area contributed by atoms with E-state index in [2.05, 4.69) is 10.3 Å². The minimum atomic E-state index is -0.318. The molecule has 0 fully saturated rings. The highest BCUT2D eigenvalue weighted by Gasteiger charge is 2.08. The summed E-state index contributed by atoms with van der Waals surface area (Å²) in [5.74, 6) is -0.178. The number of amides is 1. The fourth-order valence-corrected chi connectivity index (χ4v) is 2.23. The number of carbonyl (C=O) groups excluding carboxylic acids is 1. The van der Waals surface area contributed by atoms with Crippen LogP contribution in [-0.2, 0) is 6.61 Å². The lowest BCUT2D eigenvalue weighted by molar-refractivity contribution is 0.0966. The molecule has 0 aliphatic heterocycles. The predicted molar refractivity (Wildman–Crippen MR) is 93.5 cm³/mol. The van der Waals surface area contributed by atoms with E-state index < -0.39 is 0 Å². The number of allylic oxidation sites excluding steroid dienone is 5. The fraction of sp³-hybridized carbons (Fsp3) is 0.100. The van der Waals surface area contributed by atoms with Gasteiger partial charge in [0.25, 0.3) is 5.91 Å². The van der Waals surface area contributed by atoms with E-state index in [1.807, 2.05) is 30.3 Å². The second-order valence-corrected chi connectivity index (χ2v) is 5.43. The summed E-state index contributed by atoms with van der Waals surface area (Å²) in [6, 6.07) is 13.0. The van der Waals surface area contributed by atoms with Crippen LogP contribution in [0.1, 0.15) is 22.3 Å². The van der Waals surface area contributed by atoms with Crippen LogP contribution in [0, 0.1) is 0 Å². The molecule has 1 aliphatic rings. The number of benzene rings is 1. The maximum atomic E-state index is 13.1. The lowest BCUT2D eigenvalue weighted by Gasteiger charge is -2.07. The van der Waals surface area contributed by atoms with Gasteiger partial charge in [-0.1, -0.05) is 36.4 Å². The number of nitrogens with zero attached hydrogens (tertiary/aromatic N) is 1. The summed E-state index contributed by atoms with van der Waals surface area (Å²) in [7, 11) is 0. The number of pyridine rings is 1. The highest BCUT2D eigenvalue weighted by Crippen LogP contribution is 2.13. The lowest BCUT2D eigenvalue weighted by atomic mass is 10.2. The van der Waals surface area contributed by atoms with Gasteiger partial charge < -0.3 is 10.1 Å². The second-order valence-electron chi connectivity index (χ2n) is 5.43. The Labute approximate surface area is 145 Å². The molecular weight excluding hydrogens is 319 g/mol. The Morgan fingerprint density at radius 2 is 1.96 bits per heavy atom. The number of ether oxygens (including phenoxy) is 1. The summed E-state index contributed by atoms with van der Waals surface area (Å²) in [4.78, 5) is 16.4. The molecule has 0 radical (unpaired) electrons. The first-order valence-corrected chi connectivity index (χ1v) is 7.89. The van der Waals surface area contributed by atoms with Crippen LogP contribution in [0.5, 0.6) is 5.88 Å². The molecule has 0 atom stereocenters. The van der Waals surface area contributed by atoms with Crippen molar-refractivity contribution < 1.29 is 13.9 Å². The molecule has 0 unspecified atom stereocenters. The van der Waals surface area contributed by atoms with Crippen LogP contribution in [-0.4, -0.2) is 10.9 Å². The summed E-state index contributed by atoms with van der Waals surface area (Å²) in [6.07, 6.45) is 7.91. The van der Waals surface area contributed by atoms with Crippen molar-refractivity contribution in [2.45, 2.75) is 13.0 Å². The maximum Gasteiger partial charge on any atom is 0.257 e. The zero-order chi connectivity index (χ0) is 17.5. The van der Waals surface area contributed by atoms with Crippen LogP contribution in [0.3, 0.4) is 0 Å². The molecule has 0 saturated heterocycles. The first kappa shape index (κ1) is 16.6. The molecule has 126 valence electrons. The van der Waals surface area contributed by atoms with Crippen molar-refractivity contribution in [2.24, 2.45) is 0 Å². The maximum absolute atomic E-state index is 13.1. The topological polar surface area (TPSA) is 51.2 Å². The van der Waals surface area contributed by atoms with Crippen molar-refractivity contribution in [1.82, 2.24) is 10.3 Å². The van der Waals surface area contributed by atoms with Crippen LogP contribution in [0.2, 0.25) is 0 Å². The van der Waals surface area contributed by atoms with Crippen molar-refractivity contribution in [3.8, 4) is 5.88 Å². The summed E-state index contributed by atoms with van der Waals surface area (Å²) in [6.45, 7) is 0.412. The Morgan fingerprint density at radius 1 is 1.12 bits per heavy atom. The second kappa shape index (κ2) is 8.06. The smallest absolute Gasteiger partial charge is 0.257 e. The zero-order valence-corrected chi connectivity index (χ0v) is 13.5. The van der Waals surface area contributed by atoms with Crippen LogP contribution < -0.4 is 10.1 Å². The minimum absolute atomic E-state index is 0.305. The Bertz CT molecular complexity index is 825. The third-order valence-corrected chi connectivity index (χ3v) is 3.56. The average Bonchev–Trinajstić information content (AvgIpc) is 2.85. The molecule has 1 aromatic carbocycles. The molecule has 5 heteroatoms. The van der Waals surface area contributed by atoms with Gasteiger partial charge in [0.1, 0.15) is 12.4 Å². The van der Waals surface area contributed by atoms with Gasteiger partial charge in [-0.3, -0.25) is 4.79 Å². The number of hydrogen-bond acceptors (Lipinski definition) is 3. The minimum Gasteiger partial charge on any atom is -0.473 e. The SMILES string of the molecule is O=C(NC1=CCC=C(F)C=C1)c1ccc(OCc2ccccc2)nc1. The molecule has 3 rings (SSSR count). The van der Waals surface area contributed by atoms with Crippen molar-refractivity contribution >= 4 is 5.91 Å². The van der Waals surface area contributed by atoms with E-state index in [9.17, 15) is 9.18 Å². The fourth-order valence-electron chi connectivity index (χ4n) is 2.23. The molecular formula is C20H17FN2O2. The van der Waals surface area contributed by atoms with Crippen LogP contribution in [0.15, 0.2) is 84.5 Å². The largest absolute Gasteiger partial charge is 0.473 e. The summed E-state index contributed by atoms with van der Waals surface area (Å²) in [5, 5.41) is 2.73. The molecule has 1 N–H and O–H groups in total. The van der Waals surface area contributed by atoms with Gasteiger partial charge in [-0.25, -0.2) is 9.37 Å². The van der Waals surface area contributed by atoms with Gasteiger partial charge in [-0.2, -0.15) is 0 Å². The van der Waals surface area contributed by atoms with E-state index in [0.29, 0.717) is 30.2 Å².